The summed E-state index contributed by atoms with van der Waals surface area (Å²) in [4.78, 5) is 41.5. The number of nitrogens with zero attached hydrogens (tertiary/aromatic N) is 1. The molecule has 7 heteroatoms. The normalized spacial score (nSPS) is 16.3. The van der Waals surface area contributed by atoms with Crippen molar-refractivity contribution in [2.75, 3.05) is 20.8 Å². The third-order valence-corrected chi connectivity index (χ3v) is 6.63. The Morgan fingerprint density at radius 2 is 1.53 bits per heavy atom. The number of carbonyl (C=O) groups is 3. The van der Waals surface area contributed by atoms with Crippen LogP contribution in [-0.2, 0) is 17.6 Å². The largest absolute Gasteiger partial charge is 0.493 e. The van der Waals surface area contributed by atoms with Gasteiger partial charge in [0.25, 0.3) is 11.8 Å². The van der Waals surface area contributed by atoms with E-state index in [0.29, 0.717) is 34.9 Å². The molecule has 3 aromatic rings. The molecule has 3 aromatic carbocycles. The lowest BCUT2D eigenvalue weighted by Crippen LogP contribution is -2.46. The van der Waals surface area contributed by atoms with Crippen LogP contribution < -0.4 is 14.8 Å². The summed E-state index contributed by atoms with van der Waals surface area (Å²) in [6, 6.07) is 18.8. The summed E-state index contributed by atoms with van der Waals surface area (Å²) in [5, 5.41) is 3.30. The van der Waals surface area contributed by atoms with Crippen molar-refractivity contribution in [3.05, 3.63) is 101 Å². The van der Waals surface area contributed by atoms with E-state index in [-0.39, 0.29) is 12.2 Å². The van der Waals surface area contributed by atoms with Crippen molar-refractivity contribution >= 4 is 23.3 Å². The summed E-state index contributed by atoms with van der Waals surface area (Å²) >= 11 is 0. The molecule has 0 saturated carbocycles. The first-order valence-corrected chi connectivity index (χ1v) is 11.8. The maximum absolute atomic E-state index is 13.8. The molecule has 1 unspecified atom stereocenters. The number of rotatable bonds is 7. The van der Waals surface area contributed by atoms with E-state index < -0.39 is 17.9 Å². The number of imide groups is 1. The van der Waals surface area contributed by atoms with Crippen LogP contribution in [0.25, 0.3) is 5.70 Å². The molecule has 0 aromatic heterocycles. The van der Waals surface area contributed by atoms with Crippen molar-refractivity contribution < 1.29 is 23.9 Å². The Morgan fingerprint density at radius 3 is 2.17 bits per heavy atom. The molecule has 5 rings (SSSR count). The minimum atomic E-state index is -0.986. The number of hydrogen-bond donors (Lipinski definition) is 1. The predicted octanol–water partition coefficient (Wildman–Crippen LogP) is 3.67. The van der Waals surface area contributed by atoms with E-state index in [4.69, 9.17) is 9.47 Å². The van der Waals surface area contributed by atoms with E-state index in [1.165, 1.54) is 6.08 Å². The van der Waals surface area contributed by atoms with Gasteiger partial charge in [-0.15, -0.1) is 0 Å². The molecule has 0 bridgehead atoms. The highest BCUT2D eigenvalue weighted by molar-refractivity contribution is 6.23. The van der Waals surface area contributed by atoms with Crippen molar-refractivity contribution in [2.24, 2.45) is 0 Å². The molecule has 0 radical (unpaired) electrons. The van der Waals surface area contributed by atoms with Gasteiger partial charge in [0.1, 0.15) is 6.04 Å². The lowest BCUT2D eigenvalue weighted by molar-refractivity contribution is -0.118. The maximum atomic E-state index is 13.8. The first-order chi connectivity index (χ1) is 17.5. The van der Waals surface area contributed by atoms with Crippen LogP contribution in [0.15, 0.2) is 72.8 Å². The molecule has 0 saturated heterocycles. The number of methoxy groups -OCH3 is 2. The molecule has 1 N–H and O–H groups in total. The van der Waals surface area contributed by atoms with Gasteiger partial charge in [0, 0.05) is 30.3 Å². The topological polar surface area (TPSA) is 84.9 Å². The maximum Gasteiger partial charge on any atom is 0.262 e. The van der Waals surface area contributed by atoms with E-state index in [2.05, 4.69) is 5.32 Å². The Hall–Kier alpha value is -4.39. The lowest BCUT2D eigenvalue weighted by atomic mass is 9.94. The number of nitrogens with one attached hydrogen (secondary N) is 1. The van der Waals surface area contributed by atoms with Crippen molar-refractivity contribution in [1.82, 2.24) is 10.2 Å². The van der Waals surface area contributed by atoms with E-state index in [9.17, 15) is 14.4 Å². The second-order valence-electron chi connectivity index (χ2n) is 8.73. The number of hydrogen-bond acceptors (Lipinski definition) is 6. The van der Waals surface area contributed by atoms with Gasteiger partial charge in [0.05, 0.1) is 25.3 Å². The molecule has 0 spiro atoms. The van der Waals surface area contributed by atoms with Crippen LogP contribution in [0.4, 0.5) is 0 Å². The number of fused-ring (bicyclic) bond motifs is 2. The first-order valence-electron chi connectivity index (χ1n) is 11.8. The lowest BCUT2D eigenvalue weighted by Gasteiger charge is -2.26. The summed E-state index contributed by atoms with van der Waals surface area (Å²) in [7, 11) is 3.15. The fourth-order valence-corrected chi connectivity index (χ4v) is 4.82. The van der Waals surface area contributed by atoms with Gasteiger partial charge in [0.2, 0.25) is 0 Å². The third-order valence-electron chi connectivity index (χ3n) is 6.63. The number of benzene rings is 3. The Bertz CT molecular complexity index is 1340. The molecule has 1 atom stereocenters. The molecule has 2 aliphatic heterocycles. The quantitative estimate of drug-likeness (QED) is 0.409. The predicted molar refractivity (Wildman–Crippen MR) is 135 cm³/mol. The van der Waals surface area contributed by atoms with Gasteiger partial charge >= 0.3 is 0 Å². The molecule has 2 aliphatic rings. The molecule has 0 fully saturated rings. The van der Waals surface area contributed by atoms with Crippen LogP contribution >= 0.6 is 0 Å². The summed E-state index contributed by atoms with van der Waals surface area (Å²) < 4.78 is 10.9. The fraction of sp³-hybridized carbons (Fsp3) is 0.207. The van der Waals surface area contributed by atoms with Gasteiger partial charge in [-0.05, 0) is 41.8 Å². The van der Waals surface area contributed by atoms with Crippen LogP contribution in [0.5, 0.6) is 11.5 Å². The number of carbonyl (C=O) groups excluding carboxylic acids is 3. The van der Waals surface area contributed by atoms with Gasteiger partial charge in [-0.2, -0.15) is 0 Å². The van der Waals surface area contributed by atoms with Gasteiger partial charge in [-0.25, -0.2) is 0 Å². The van der Waals surface area contributed by atoms with Crippen molar-refractivity contribution in [1.29, 1.82) is 0 Å². The average Bonchev–Trinajstić information content (AvgIpc) is 3.16. The third kappa shape index (κ3) is 4.13. The fourth-order valence-electron chi connectivity index (χ4n) is 4.82. The van der Waals surface area contributed by atoms with E-state index in [0.717, 1.165) is 28.0 Å². The van der Waals surface area contributed by atoms with Gasteiger partial charge in [0.15, 0.2) is 17.3 Å². The minimum Gasteiger partial charge on any atom is -0.493 e. The van der Waals surface area contributed by atoms with Crippen LogP contribution in [0, 0.1) is 0 Å². The standard InChI is InChI=1S/C29H26N2O5/c1-35-26-15-19-12-13-30-23(22(19)16-27(26)36-2)17-25(32)24(14-18-8-4-3-5-9-18)31-28(33)20-10-6-7-11-21(20)29(31)34/h3-11,15-17,24,30H,12-14H2,1-2H3. The van der Waals surface area contributed by atoms with Crippen molar-refractivity contribution in [2.45, 2.75) is 18.9 Å². The van der Waals surface area contributed by atoms with Crippen LogP contribution in [-0.4, -0.2) is 49.3 Å². The van der Waals surface area contributed by atoms with E-state index in [1.54, 1.807) is 38.5 Å². The minimum absolute atomic E-state index is 0.216. The van der Waals surface area contributed by atoms with Crippen molar-refractivity contribution in [3.63, 3.8) is 0 Å². The highest BCUT2D eigenvalue weighted by Crippen LogP contribution is 2.35. The first kappa shape index (κ1) is 23.4. The van der Waals surface area contributed by atoms with E-state index in [1.807, 2.05) is 42.5 Å². The van der Waals surface area contributed by atoms with E-state index >= 15 is 0 Å². The zero-order valence-electron chi connectivity index (χ0n) is 20.1. The Kier molecular flexibility index (Phi) is 6.29. The summed E-state index contributed by atoms with van der Waals surface area (Å²) in [6.45, 7) is 0.637. The Balaban J connectivity index is 1.55. The number of ether oxygens (including phenoxy) is 2. The van der Waals surface area contributed by atoms with Crippen LogP contribution in [0.2, 0.25) is 0 Å². The average molecular weight is 483 g/mol. The van der Waals surface area contributed by atoms with Crippen LogP contribution in [0.1, 0.15) is 37.4 Å². The number of ketones is 1. The van der Waals surface area contributed by atoms with Crippen molar-refractivity contribution in [3.8, 4) is 11.5 Å². The van der Waals surface area contributed by atoms with Gasteiger partial charge in [-0.3, -0.25) is 19.3 Å². The molecule has 2 heterocycles. The highest BCUT2D eigenvalue weighted by Gasteiger charge is 2.42. The molecule has 2 amide bonds. The molecule has 0 aliphatic carbocycles. The summed E-state index contributed by atoms with van der Waals surface area (Å²) in [5.41, 5.74) is 3.96. The summed E-state index contributed by atoms with van der Waals surface area (Å²) in [5.74, 6) is -0.0619. The monoisotopic (exact) mass is 482 g/mol. The zero-order valence-corrected chi connectivity index (χ0v) is 20.1. The second kappa shape index (κ2) is 9.70. The SMILES string of the molecule is COc1cc2c(cc1OC)C(=CC(=O)C(Cc1ccccc1)N1C(=O)c3ccccc3C1=O)NCC2. The zero-order chi connectivity index (χ0) is 25.2. The molecule has 7 nitrogen and oxygen atoms in total. The van der Waals surface area contributed by atoms with Crippen LogP contribution in [0.3, 0.4) is 0 Å². The smallest absolute Gasteiger partial charge is 0.262 e. The summed E-state index contributed by atoms with van der Waals surface area (Å²) in [6.07, 6.45) is 2.47. The Labute approximate surface area is 209 Å². The molecule has 36 heavy (non-hydrogen) atoms. The second-order valence-corrected chi connectivity index (χ2v) is 8.73. The molecular formula is C29H26N2O5. The highest BCUT2D eigenvalue weighted by atomic mass is 16.5. The van der Waals surface area contributed by atoms with Gasteiger partial charge in [-0.1, -0.05) is 42.5 Å². The molecular weight excluding hydrogens is 456 g/mol. The Morgan fingerprint density at radius 1 is 0.917 bits per heavy atom. The van der Waals surface area contributed by atoms with Gasteiger partial charge < -0.3 is 14.8 Å². The molecule has 182 valence electrons. The number of amides is 2.